The lowest BCUT2D eigenvalue weighted by molar-refractivity contribution is -0.143. The van der Waals surface area contributed by atoms with Gasteiger partial charge >= 0.3 is 6.18 Å². The normalized spacial score (nSPS) is 18.8. The summed E-state index contributed by atoms with van der Waals surface area (Å²) in [6, 6.07) is 7.84. The van der Waals surface area contributed by atoms with Crippen LogP contribution in [0.2, 0.25) is 0 Å². The Morgan fingerprint density at radius 1 is 1.27 bits per heavy atom. The molecule has 1 aromatic carbocycles. The van der Waals surface area contributed by atoms with Crippen molar-refractivity contribution in [2.45, 2.75) is 19.5 Å². The van der Waals surface area contributed by atoms with E-state index in [0.717, 1.165) is 12.2 Å². The smallest absolute Gasteiger partial charge is 0.401 e. The van der Waals surface area contributed by atoms with E-state index in [1.54, 1.807) is 7.05 Å². The maximum atomic E-state index is 12.4. The largest absolute Gasteiger partial charge is 0.492 e. The molecule has 0 amide bonds. The zero-order valence-corrected chi connectivity index (χ0v) is 15.3. The lowest BCUT2D eigenvalue weighted by Gasteiger charge is -2.18. The minimum atomic E-state index is -4.13. The van der Waals surface area contributed by atoms with E-state index in [1.165, 1.54) is 10.5 Å². The first-order chi connectivity index (χ1) is 12.4. The molecule has 1 aliphatic heterocycles. The molecule has 1 aromatic rings. The topological polar surface area (TPSA) is 48.9 Å². The van der Waals surface area contributed by atoms with Crippen LogP contribution in [-0.2, 0) is 0 Å². The molecule has 0 aromatic heterocycles. The third-order valence-electron chi connectivity index (χ3n) is 4.24. The van der Waals surface area contributed by atoms with E-state index in [2.05, 4.69) is 15.6 Å². The Balaban J connectivity index is 1.61. The van der Waals surface area contributed by atoms with Gasteiger partial charge in [-0.05, 0) is 37.9 Å². The van der Waals surface area contributed by atoms with Crippen molar-refractivity contribution in [2.24, 2.45) is 10.9 Å². The average Bonchev–Trinajstić information content (AvgIpc) is 3.01. The van der Waals surface area contributed by atoms with Gasteiger partial charge in [-0.25, -0.2) is 0 Å². The zero-order valence-electron chi connectivity index (χ0n) is 15.3. The van der Waals surface area contributed by atoms with Crippen LogP contribution in [0.1, 0.15) is 12.0 Å². The van der Waals surface area contributed by atoms with Gasteiger partial charge in [0.1, 0.15) is 12.4 Å². The molecule has 1 saturated heterocycles. The van der Waals surface area contributed by atoms with Crippen molar-refractivity contribution in [3.05, 3.63) is 29.8 Å². The maximum Gasteiger partial charge on any atom is 0.401 e. The number of halogens is 3. The van der Waals surface area contributed by atoms with Gasteiger partial charge in [-0.2, -0.15) is 13.2 Å². The van der Waals surface area contributed by atoms with Crippen molar-refractivity contribution in [1.29, 1.82) is 0 Å². The molecular formula is C18H27F3N4O. The molecule has 0 radical (unpaired) electrons. The highest BCUT2D eigenvalue weighted by atomic mass is 19.4. The number of aryl methyl sites for hydroxylation is 1. The van der Waals surface area contributed by atoms with Gasteiger partial charge in [0.15, 0.2) is 5.96 Å². The Morgan fingerprint density at radius 3 is 2.65 bits per heavy atom. The summed E-state index contributed by atoms with van der Waals surface area (Å²) in [5.74, 6) is 1.64. The average molecular weight is 372 g/mol. The van der Waals surface area contributed by atoms with Gasteiger partial charge < -0.3 is 15.4 Å². The fraction of sp³-hybridized carbons (Fsp3) is 0.611. The first-order valence-electron chi connectivity index (χ1n) is 8.79. The highest BCUT2D eigenvalue weighted by Gasteiger charge is 2.34. The SMILES string of the molecule is CN=C(NCCOc1ccc(C)cc1)NCC1CCN(CC(F)(F)F)C1. The molecule has 0 aliphatic carbocycles. The first-order valence-corrected chi connectivity index (χ1v) is 8.79. The third kappa shape index (κ3) is 7.51. The second-order valence-electron chi connectivity index (χ2n) is 6.55. The van der Waals surface area contributed by atoms with Gasteiger partial charge in [0.2, 0.25) is 0 Å². The molecule has 8 heteroatoms. The number of guanidine groups is 1. The number of aliphatic imine (C=N–C) groups is 1. The van der Waals surface area contributed by atoms with E-state index in [4.69, 9.17) is 4.74 Å². The number of alkyl halides is 3. The maximum absolute atomic E-state index is 12.4. The Morgan fingerprint density at radius 2 is 2.00 bits per heavy atom. The second kappa shape index (κ2) is 9.66. The molecular weight excluding hydrogens is 345 g/mol. The van der Waals surface area contributed by atoms with Crippen LogP contribution in [0.3, 0.4) is 0 Å². The lowest BCUT2D eigenvalue weighted by atomic mass is 10.1. The van der Waals surface area contributed by atoms with Crippen LogP contribution in [0.5, 0.6) is 5.75 Å². The number of benzene rings is 1. The Kier molecular flexibility index (Phi) is 7.56. The van der Waals surface area contributed by atoms with E-state index in [0.29, 0.717) is 38.7 Å². The van der Waals surface area contributed by atoms with Gasteiger partial charge in [-0.3, -0.25) is 9.89 Å². The summed E-state index contributed by atoms with van der Waals surface area (Å²) in [4.78, 5) is 5.59. The molecule has 1 aliphatic rings. The van der Waals surface area contributed by atoms with Crippen LogP contribution in [0.15, 0.2) is 29.3 Å². The molecule has 0 bridgehead atoms. The summed E-state index contributed by atoms with van der Waals surface area (Å²) in [6.45, 7) is 3.82. The molecule has 1 unspecified atom stereocenters. The molecule has 2 rings (SSSR count). The quantitative estimate of drug-likeness (QED) is 0.439. The minimum Gasteiger partial charge on any atom is -0.492 e. The van der Waals surface area contributed by atoms with Crippen molar-refractivity contribution >= 4 is 5.96 Å². The van der Waals surface area contributed by atoms with E-state index in [1.807, 2.05) is 31.2 Å². The summed E-state index contributed by atoms with van der Waals surface area (Å²) in [5.41, 5.74) is 1.18. The van der Waals surface area contributed by atoms with Crippen molar-refractivity contribution in [3.8, 4) is 5.75 Å². The van der Waals surface area contributed by atoms with Crippen LogP contribution in [0.25, 0.3) is 0 Å². The standard InChI is InChI=1S/C18H27F3N4O/c1-14-3-5-16(6-4-14)26-10-8-23-17(22-2)24-11-15-7-9-25(12-15)13-18(19,20)21/h3-6,15H,7-13H2,1-2H3,(H2,22,23,24). The van der Waals surface area contributed by atoms with E-state index in [-0.39, 0.29) is 5.92 Å². The summed E-state index contributed by atoms with van der Waals surface area (Å²) in [6.07, 6.45) is -3.37. The van der Waals surface area contributed by atoms with Crippen molar-refractivity contribution in [1.82, 2.24) is 15.5 Å². The van der Waals surface area contributed by atoms with Crippen LogP contribution in [0, 0.1) is 12.8 Å². The highest BCUT2D eigenvalue weighted by Crippen LogP contribution is 2.22. The molecule has 1 atom stereocenters. The van der Waals surface area contributed by atoms with Crippen LogP contribution >= 0.6 is 0 Å². The van der Waals surface area contributed by atoms with Gasteiger partial charge in [0.25, 0.3) is 0 Å². The fourth-order valence-corrected chi connectivity index (χ4v) is 2.91. The molecule has 5 nitrogen and oxygen atoms in total. The number of rotatable bonds is 7. The van der Waals surface area contributed by atoms with Crippen LogP contribution in [-0.4, -0.2) is 63.4 Å². The van der Waals surface area contributed by atoms with Crippen LogP contribution < -0.4 is 15.4 Å². The summed E-state index contributed by atoms with van der Waals surface area (Å²) < 4.78 is 42.9. The number of nitrogens with zero attached hydrogens (tertiary/aromatic N) is 2. The summed E-state index contributed by atoms with van der Waals surface area (Å²) in [5, 5.41) is 6.32. The van der Waals surface area contributed by atoms with Gasteiger partial charge in [0.05, 0.1) is 13.1 Å². The molecule has 146 valence electrons. The van der Waals surface area contributed by atoms with Gasteiger partial charge in [-0.15, -0.1) is 0 Å². The summed E-state index contributed by atoms with van der Waals surface area (Å²) >= 11 is 0. The number of ether oxygens (including phenoxy) is 1. The van der Waals surface area contributed by atoms with Crippen molar-refractivity contribution < 1.29 is 17.9 Å². The first kappa shape index (κ1) is 20.4. The molecule has 0 saturated carbocycles. The molecule has 2 N–H and O–H groups in total. The molecule has 0 spiro atoms. The number of hydrogen-bond donors (Lipinski definition) is 2. The van der Waals surface area contributed by atoms with E-state index in [9.17, 15) is 13.2 Å². The van der Waals surface area contributed by atoms with Gasteiger partial charge in [0, 0.05) is 20.1 Å². The zero-order chi connectivity index (χ0) is 19.0. The summed E-state index contributed by atoms with van der Waals surface area (Å²) in [7, 11) is 1.67. The Hall–Kier alpha value is -1.96. The fourth-order valence-electron chi connectivity index (χ4n) is 2.91. The van der Waals surface area contributed by atoms with E-state index < -0.39 is 12.7 Å². The predicted molar refractivity (Wildman–Crippen MR) is 96.6 cm³/mol. The number of nitrogens with one attached hydrogen (secondary N) is 2. The van der Waals surface area contributed by atoms with Crippen LogP contribution in [0.4, 0.5) is 13.2 Å². The Labute approximate surface area is 152 Å². The van der Waals surface area contributed by atoms with E-state index >= 15 is 0 Å². The molecule has 1 fully saturated rings. The Bertz CT molecular complexity index is 575. The third-order valence-corrected chi connectivity index (χ3v) is 4.24. The lowest BCUT2D eigenvalue weighted by Crippen LogP contribution is -2.42. The number of hydrogen-bond acceptors (Lipinski definition) is 3. The minimum absolute atomic E-state index is 0.194. The number of likely N-dealkylation sites (tertiary alicyclic amines) is 1. The molecule has 1 heterocycles. The monoisotopic (exact) mass is 372 g/mol. The van der Waals surface area contributed by atoms with Gasteiger partial charge in [-0.1, -0.05) is 17.7 Å². The molecule has 26 heavy (non-hydrogen) atoms. The van der Waals surface area contributed by atoms with Crippen molar-refractivity contribution in [3.63, 3.8) is 0 Å². The highest BCUT2D eigenvalue weighted by molar-refractivity contribution is 5.79. The second-order valence-corrected chi connectivity index (χ2v) is 6.55. The predicted octanol–water partition coefficient (Wildman–Crippen LogP) is 2.42. The van der Waals surface area contributed by atoms with Crippen molar-refractivity contribution in [2.75, 3.05) is 46.4 Å².